The molecule has 1 aliphatic heterocycles. The fourth-order valence-electron chi connectivity index (χ4n) is 3.69. The minimum Gasteiger partial charge on any atom is -0.464 e. The Kier molecular flexibility index (Phi) is 8.97. The first-order valence-electron chi connectivity index (χ1n) is 10.9. The predicted octanol–water partition coefficient (Wildman–Crippen LogP) is 2.63. The number of benzene rings is 1. The summed E-state index contributed by atoms with van der Waals surface area (Å²) in [6.07, 6.45) is 5.23. The van der Waals surface area contributed by atoms with Crippen LogP contribution in [0, 0.1) is 5.82 Å². The van der Waals surface area contributed by atoms with E-state index in [0.29, 0.717) is 17.8 Å². The van der Waals surface area contributed by atoms with Crippen LogP contribution in [0.4, 0.5) is 4.39 Å². The van der Waals surface area contributed by atoms with Gasteiger partial charge in [-0.2, -0.15) is 0 Å². The second-order valence-electron chi connectivity index (χ2n) is 7.82. The molecule has 1 fully saturated rings. The van der Waals surface area contributed by atoms with Gasteiger partial charge in [-0.15, -0.1) is 0 Å². The van der Waals surface area contributed by atoms with E-state index in [0.717, 1.165) is 49.5 Å². The molecule has 1 aromatic carbocycles. The summed E-state index contributed by atoms with van der Waals surface area (Å²) in [5.74, 6) is -0.790. The third-order valence-corrected chi connectivity index (χ3v) is 5.38. The van der Waals surface area contributed by atoms with Gasteiger partial charge < -0.3 is 19.7 Å². The summed E-state index contributed by atoms with van der Waals surface area (Å²) in [5, 5.41) is 3.39. The Bertz CT molecular complexity index is 969. The molecule has 2 heterocycles. The third-order valence-electron chi connectivity index (χ3n) is 5.38. The SMILES string of the molecule is COC(=O)/C(=C(/C(=C/NCCN1CCOCC1)c1ccc(F)cc1)c1ccncc1)N(C)C. The van der Waals surface area contributed by atoms with E-state index in [9.17, 15) is 9.18 Å². The maximum absolute atomic E-state index is 13.7. The van der Waals surface area contributed by atoms with Gasteiger partial charge in [-0.25, -0.2) is 9.18 Å². The van der Waals surface area contributed by atoms with Crippen molar-refractivity contribution >= 4 is 17.1 Å². The molecule has 1 aliphatic rings. The first kappa shape index (κ1) is 24.4. The lowest BCUT2D eigenvalue weighted by molar-refractivity contribution is -0.137. The second kappa shape index (κ2) is 12.1. The summed E-state index contributed by atoms with van der Waals surface area (Å²) in [6.45, 7) is 4.89. The third kappa shape index (κ3) is 6.63. The zero-order chi connectivity index (χ0) is 23.6. The Morgan fingerprint density at radius 3 is 2.42 bits per heavy atom. The molecule has 0 aliphatic carbocycles. The first-order chi connectivity index (χ1) is 16.0. The summed E-state index contributed by atoms with van der Waals surface area (Å²) in [7, 11) is 4.95. The zero-order valence-electron chi connectivity index (χ0n) is 19.4. The highest BCUT2D eigenvalue weighted by atomic mass is 19.1. The van der Waals surface area contributed by atoms with Crippen LogP contribution in [0.25, 0.3) is 11.1 Å². The van der Waals surface area contributed by atoms with E-state index >= 15 is 0 Å². The number of nitrogens with one attached hydrogen (secondary N) is 1. The van der Waals surface area contributed by atoms with Gasteiger partial charge in [0.25, 0.3) is 0 Å². The molecule has 0 bridgehead atoms. The van der Waals surface area contributed by atoms with Crippen LogP contribution in [0.2, 0.25) is 0 Å². The van der Waals surface area contributed by atoms with E-state index in [1.165, 1.54) is 19.2 Å². The van der Waals surface area contributed by atoms with Crippen molar-refractivity contribution in [3.8, 4) is 0 Å². The van der Waals surface area contributed by atoms with Crippen molar-refractivity contribution in [2.45, 2.75) is 0 Å². The molecular weight excluding hydrogens is 423 g/mol. The molecule has 3 rings (SSSR count). The van der Waals surface area contributed by atoms with Crippen LogP contribution in [-0.2, 0) is 14.3 Å². The number of hydrogen-bond donors (Lipinski definition) is 1. The molecule has 33 heavy (non-hydrogen) atoms. The number of halogens is 1. The maximum atomic E-state index is 13.7. The van der Waals surface area contributed by atoms with Crippen molar-refractivity contribution in [3.63, 3.8) is 0 Å². The van der Waals surface area contributed by atoms with E-state index in [-0.39, 0.29) is 5.82 Å². The Morgan fingerprint density at radius 2 is 1.82 bits per heavy atom. The number of hydrogen-bond acceptors (Lipinski definition) is 7. The van der Waals surface area contributed by atoms with Gasteiger partial charge in [0.15, 0.2) is 0 Å². The van der Waals surface area contributed by atoms with Crippen molar-refractivity contribution in [3.05, 3.63) is 77.6 Å². The van der Waals surface area contributed by atoms with Crippen molar-refractivity contribution in [2.24, 2.45) is 0 Å². The number of carbonyl (C=O) groups is 1. The van der Waals surface area contributed by atoms with Crippen molar-refractivity contribution in [1.29, 1.82) is 0 Å². The molecule has 1 aromatic heterocycles. The fourth-order valence-corrected chi connectivity index (χ4v) is 3.69. The van der Waals surface area contributed by atoms with Gasteiger partial charge >= 0.3 is 5.97 Å². The highest BCUT2D eigenvalue weighted by Gasteiger charge is 2.24. The van der Waals surface area contributed by atoms with E-state index < -0.39 is 5.97 Å². The van der Waals surface area contributed by atoms with Gasteiger partial charge in [-0.3, -0.25) is 9.88 Å². The van der Waals surface area contributed by atoms with E-state index in [1.807, 2.05) is 18.3 Å². The maximum Gasteiger partial charge on any atom is 0.354 e. The Balaban J connectivity index is 2.05. The molecule has 0 saturated carbocycles. The number of aromatic nitrogens is 1. The number of ether oxygens (including phenoxy) is 2. The van der Waals surface area contributed by atoms with Crippen LogP contribution >= 0.6 is 0 Å². The number of morpholine rings is 1. The Hall–Kier alpha value is -3.23. The lowest BCUT2D eigenvalue weighted by atomic mass is 9.91. The number of methoxy groups -OCH3 is 1. The normalized spacial score (nSPS) is 15.6. The van der Waals surface area contributed by atoms with Crippen LogP contribution in [-0.4, -0.2) is 81.4 Å². The van der Waals surface area contributed by atoms with Crippen molar-refractivity contribution in [2.75, 3.05) is 60.6 Å². The lowest BCUT2D eigenvalue weighted by Gasteiger charge is -2.26. The summed E-state index contributed by atoms with van der Waals surface area (Å²) in [6, 6.07) is 9.91. The molecular formula is C25H31FN4O3. The van der Waals surface area contributed by atoms with Crippen LogP contribution < -0.4 is 5.32 Å². The van der Waals surface area contributed by atoms with Crippen LogP contribution in [0.15, 0.2) is 60.7 Å². The molecule has 176 valence electrons. The summed E-state index contributed by atoms with van der Waals surface area (Å²) < 4.78 is 24.2. The van der Waals surface area contributed by atoms with Crippen molar-refractivity contribution in [1.82, 2.24) is 20.1 Å². The molecule has 0 atom stereocenters. The molecule has 2 aromatic rings. The number of nitrogens with zero attached hydrogens (tertiary/aromatic N) is 3. The molecule has 0 unspecified atom stereocenters. The van der Waals surface area contributed by atoms with Gasteiger partial charge in [0.05, 0.1) is 20.3 Å². The average molecular weight is 455 g/mol. The highest BCUT2D eigenvalue weighted by molar-refractivity contribution is 6.13. The van der Waals surface area contributed by atoms with Crippen LogP contribution in [0.5, 0.6) is 0 Å². The Morgan fingerprint density at radius 1 is 1.15 bits per heavy atom. The largest absolute Gasteiger partial charge is 0.464 e. The zero-order valence-corrected chi connectivity index (χ0v) is 19.4. The van der Waals surface area contributed by atoms with E-state index in [2.05, 4.69) is 15.2 Å². The predicted molar refractivity (Wildman–Crippen MR) is 126 cm³/mol. The lowest BCUT2D eigenvalue weighted by Crippen LogP contribution is -2.39. The second-order valence-corrected chi connectivity index (χ2v) is 7.82. The number of esters is 1. The molecule has 0 amide bonds. The van der Waals surface area contributed by atoms with Gasteiger partial charge in [0.1, 0.15) is 11.5 Å². The minimum atomic E-state index is -0.465. The summed E-state index contributed by atoms with van der Waals surface area (Å²) in [5.41, 5.74) is 3.36. The topological polar surface area (TPSA) is 66.9 Å². The monoisotopic (exact) mass is 454 g/mol. The fraction of sp³-hybridized carbons (Fsp3) is 0.360. The Labute approximate surface area is 194 Å². The number of carbonyl (C=O) groups excluding carboxylic acids is 1. The molecule has 0 radical (unpaired) electrons. The summed E-state index contributed by atoms with van der Waals surface area (Å²) in [4.78, 5) is 21.0. The first-order valence-corrected chi connectivity index (χ1v) is 10.9. The van der Waals surface area contributed by atoms with Crippen LogP contribution in [0.3, 0.4) is 0 Å². The highest BCUT2D eigenvalue weighted by Crippen LogP contribution is 2.34. The standard InChI is InChI=1S/C25H31FN4O3/c1-29(2)24(25(31)32-3)23(20-8-10-27-11-9-20)22(19-4-6-21(26)7-5-19)18-28-12-13-30-14-16-33-17-15-30/h4-11,18,28H,12-17H2,1-3H3/b22-18+,24-23-. The van der Waals surface area contributed by atoms with E-state index in [1.54, 1.807) is 43.5 Å². The number of rotatable bonds is 9. The van der Waals surface area contributed by atoms with Crippen LogP contribution in [0.1, 0.15) is 11.1 Å². The molecule has 0 spiro atoms. The minimum absolute atomic E-state index is 0.325. The van der Waals surface area contributed by atoms with Gasteiger partial charge in [0, 0.05) is 70.0 Å². The van der Waals surface area contributed by atoms with Crippen molar-refractivity contribution < 1.29 is 18.7 Å². The van der Waals surface area contributed by atoms with Gasteiger partial charge in [-0.05, 0) is 35.4 Å². The molecule has 8 heteroatoms. The summed E-state index contributed by atoms with van der Waals surface area (Å²) >= 11 is 0. The molecule has 7 nitrogen and oxygen atoms in total. The quantitative estimate of drug-likeness (QED) is 0.270. The number of likely N-dealkylation sites (N-methyl/N-ethyl adjacent to an activating group) is 1. The van der Waals surface area contributed by atoms with E-state index in [4.69, 9.17) is 9.47 Å². The number of pyridine rings is 1. The molecule has 1 saturated heterocycles. The average Bonchev–Trinajstić information content (AvgIpc) is 2.84. The van der Waals surface area contributed by atoms with Gasteiger partial charge in [-0.1, -0.05) is 12.1 Å². The van der Waals surface area contributed by atoms with Gasteiger partial charge in [0.2, 0.25) is 0 Å². The molecule has 1 N–H and O–H groups in total. The smallest absolute Gasteiger partial charge is 0.354 e. The number of allylic oxidation sites excluding steroid dienone is 2.